The zero-order chi connectivity index (χ0) is 10.9. The van der Waals surface area contributed by atoms with E-state index in [9.17, 15) is 0 Å². The quantitative estimate of drug-likeness (QED) is 0.654. The molecule has 2 saturated carbocycles. The van der Waals surface area contributed by atoms with E-state index in [1.165, 1.54) is 38.5 Å². The smallest absolute Gasteiger partial charge is 0.429 e. The lowest BCUT2D eigenvalue weighted by Crippen LogP contribution is -2.20. The molecule has 0 aromatic rings. The summed E-state index contributed by atoms with van der Waals surface area (Å²) in [5, 5.41) is 14.0. The molecule has 0 unspecified atom stereocenters. The van der Waals surface area contributed by atoms with E-state index in [1.54, 1.807) is 25.7 Å². The summed E-state index contributed by atoms with van der Waals surface area (Å²) >= 11 is 0. The van der Waals surface area contributed by atoms with Crippen LogP contribution in [0, 0.1) is 11.8 Å². The van der Waals surface area contributed by atoms with Crippen LogP contribution in [0.5, 0.6) is 0 Å². The summed E-state index contributed by atoms with van der Waals surface area (Å²) in [5.74, 6) is 2.28. The highest BCUT2D eigenvalue weighted by Crippen LogP contribution is 2.37. The van der Waals surface area contributed by atoms with Crippen molar-refractivity contribution in [2.24, 2.45) is 11.8 Å². The monoisotopic (exact) mass is 211 g/mol. The third kappa shape index (κ3) is 5.03. The minimum absolute atomic E-state index is 0. The van der Waals surface area contributed by atoms with Gasteiger partial charge in [0.05, 0.1) is 0 Å². The molecule has 0 amide bonds. The van der Waals surface area contributed by atoms with E-state index in [2.05, 4.69) is 0 Å². The first-order valence-electron chi connectivity index (χ1n) is 6.48. The van der Waals surface area contributed by atoms with Gasteiger partial charge in [0.25, 0.3) is 0 Å². The molecule has 2 rings (SSSR count). The summed E-state index contributed by atoms with van der Waals surface area (Å²) in [6.07, 6.45) is 15.4. The summed E-state index contributed by atoms with van der Waals surface area (Å²) in [7, 11) is 0. The van der Waals surface area contributed by atoms with Crippen molar-refractivity contribution in [3.63, 3.8) is 0 Å². The van der Waals surface area contributed by atoms with E-state index in [0.29, 0.717) is 0 Å². The molecule has 2 fully saturated rings. The Bertz CT molecular complexity index is 125. The van der Waals surface area contributed by atoms with E-state index in [1.807, 2.05) is 0 Å². The SMILES string of the molecule is C1CCC(C2CCCCC2)CC1.O[B]O. The van der Waals surface area contributed by atoms with Gasteiger partial charge in [-0.15, -0.1) is 0 Å². The van der Waals surface area contributed by atoms with Crippen LogP contribution >= 0.6 is 0 Å². The second kappa shape index (κ2) is 8.17. The maximum Gasteiger partial charge on any atom is 0.482 e. The van der Waals surface area contributed by atoms with Crippen molar-refractivity contribution >= 4 is 7.69 Å². The lowest BCUT2D eigenvalue weighted by molar-refractivity contribution is 0.196. The summed E-state index contributed by atoms with van der Waals surface area (Å²) in [6, 6.07) is 0. The summed E-state index contributed by atoms with van der Waals surface area (Å²) < 4.78 is 0. The fourth-order valence-electron chi connectivity index (χ4n) is 3.21. The average molecular weight is 211 g/mol. The average Bonchev–Trinajstić information content (AvgIpc) is 2.32. The Hall–Kier alpha value is -0.0151. The van der Waals surface area contributed by atoms with Gasteiger partial charge in [0.1, 0.15) is 0 Å². The summed E-state index contributed by atoms with van der Waals surface area (Å²) in [4.78, 5) is 0. The van der Waals surface area contributed by atoms with Gasteiger partial charge in [-0.1, -0.05) is 64.2 Å². The predicted molar refractivity (Wildman–Crippen MR) is 63.3 cm³/mol. The lowest BCUT2D eigenvalue weighted by Gasteiger charge is -2.32. The molecular weight excluding hydrogens is 187 g/mol. The zero-order valence-electron chi connectivity index (χ0n) is 9.70. The third-order valence-electron chi connectivity index (χ3n) is 3.97. The van der Waals surface area contributed by atoms with Gasteiger partial charge in [-0.05, 0) is 11.8 Å². The molecule has 0 bridgehead atoms. The van der Waals surface area contributed by atoms with Crippen molar-refractivity contribution in [2.75, 3.05) is 0 Å². The largest absolute Gasteiger partial charge is 0.482 e. The first-order chi connectivity index (χ1) is 7.38. The van der Waals surface area contributed by atoms with Crippen molar-refractivity contribution in [2.45, 2.75) is 64.2 Å². The highest BCUT2D eigenvalue weighted by Gasteiger charge is 2.24. The van der Waals surface area contributed by atoms with Crippen molar-refractivity contribution < 1.29 is 10.0 Å². The molecule has 2 nitrogen and oxygen atoms in total. The van der Waals surface area contributed by atoms with E-state index in [0.717, 1.165) is 11.8 Å². The van der Waals surface area contributed by atoms with Gasteiger partial charge >= 0.3 is 7.69 Å². The van der Waals surface area contributed by atoms with Gasteiger partial charge in [0, 0.05) is 0 Å². The van der Waals surface area contributed by atoms with Crippen LogP contribution in [0.4, 0.5) is 0 Å². The minimum Gasteiger partial charge on any atom is -0.429 e. The highest BCUT2D eigenvalue weighted by atomic mass is 16.4. The predicted octanol–water partition coefficient (Wildman–Crippen LogP) is 2.65. The Balaban J connectivity index is 0.000000337. The number of rotatable bonds is 1. The molecule has 0 aromatic heterocycles. The Morgan fingerprint density at radius 2 is 0.867 bits per heavy atom. The molecule has 1 radical (unpaired) electrons. The Morgan fingerprint density at radius 1 is 0.600 bits per heavy atom. The van der Waals surface area contributed by atoms with Crippen LogP contribution in [0.15, 0.2) is 0 Å². The Morgan fingerprint density at radius 3 is 1.13 bits per heavy atom. The van der Waals surface area contributed by atoms with Gasteiger partial charge in [-0.3, -0.25) is 0 Å². The normalized spacial score (nSPS) is 24.1. The minimum atomic E-state index is 0. The summed E-state index contributed by atoms with van der Waals surface area (Å²) in [5.41, 5.74) is 0. The van der Waals surface area contributed by atoms with E-state index in [-0.39, 0.29) is 7.69 Å². The molecule has 0 spiro atoms. The standard InChI is InChI=1S/C12H22.BH2O2/c1-3-7-11(8-4-1)12-9-5-2-6-10-12;2-1-3/h11-12H,1-10H2;2-3H. The molecule has 3 heteroatoms. The molecule has 2 aliphatic carbocycles. The summed E-state index contributed by atoms with van der Waals surface area (Å²) in [6.45, 7) is 0. The van der Waals surface area contributed by atoms with Crippen LogP contribution in [-0.2, 0) is 0 Å². The molecule has 0 heterocycles. The molecule has 2 aliphatic rings. The van der Waals surface area contributed by atoms with Crippen LogP contribution in [0.3, 0.4) is 0 Å². The highest BCUT2D eigenvalue weighted by molar-refractivity contribution is 6.13. The maximum atomic E-state index is 7.00. The molecule has 0 atom stereocenters. The van der Waals surface area contributed by atoms with Gasteiger partial charge < -0.3 is 10.0 Å². The molecule has 2 N–H and O–H groups in total. The van der Waals surface area contributed by atoms with Gasteiger partial charge in [-0.2, -0.15) is 0 Å². The van der Waals surface area contributed by atoms with Gasteiger partial charge in [-0.25, -0.2) is 0 Å². The van der Waals surface area contributed by atoms with Crippen LogP contribution in [-0.4, -0.2) is 17.7 Å². The Labute approximate surface area is 94.4 Å². The van der Waals surface area contributed by atoms with Crippen LogP contribution in [0.2, 0.25) is 0 Å². The van der Waals surface area contributed by atoms with Crippen LogP contribution in [0.25, 0.3) is 0 Å². The number of hydrogen-bond acceptors (Lipinski definition) is 2. The van der Waals surface area contributed by atoms with Crippen molar-refractivity contribution in [1.82, 2.24) is 0 Å². The van der Waals surface area contributed by atoms with Gasteiger partial charge in [0.2, 0.25) is 0 Å². The molecule has 0 saturated heterocycles. The Kier molecular flexibility index (Phi) is 7.11. The number of hydrogen-bond donors (Lipinski definition) is 2. The second-order valence-corrected chi connectivity index (χ2v) is 4.91. The third-order valence-corrected chi connectivity index (χ3v) is 3.97. The van der Waals surface area contributed by atoms with Gasteiger partial charge in [0.15, 0.2) is 0 Å². The van der Waals surface area contributed by atoms with Crippen LogP contribution < -0.4 is 0 Å². The van der Waals surface area contributed by atoms with Crippen molar-refractivity contribution in [3.8, 4) is 0 Å². The molecule has 0 aromatic carbocycles. The van der Waals surface area contributed by atoms with Crippen molar-refractivity contribution in [3.05, 3.63) is 0 Å². The fourth-order valence-corrected chi connectivity index (χ4v) is 3.21. The van der Waals surface area contributed by atoms with Crippen molar-refractivity contribution in [1.29, 1.82) is 0 Å². The molecule has 87 valence electrons. The topological polar surface area (TPSA) is 40.5 Å². The molecular formula is C12H24BO2. The lowest BCUT2D eigenvalue weighted by atomic mass is 9.73. The van der Waals surface area contributed by atoms with E-state index < -0.39 is 0 Å². The molecule has 0 aliphatic heterocycles. The van der Waals surface area contributed by atoms with E-state index in [4.69, 9.17) is 10.0 Å². The first kappa shape index (κ1) is 13.1. The zero-order valence-corrected chi connectivity index (χ0v) is 9.70. The molecule has 15 heavy (non-hydrogen) atoms. The second-order valence-electron chi connectivity index (χ2n) is 4.91. The fraction of sp³-hybridized carbons (Fsp3) is 1.00. The maximum absolute atomic E-state index is 7.00. The van der Waals surface area contributed by atoms with Crippen LogP contribution in [0.1, 0.15) is 64.2 Å². The van der Waals surface area contributed by atoms with E-state index >= 15 is 0 Å². The first-order valence-corrected chi connectivity index (χ1v) is 6.48.